The maximum atomic E-state index is 12.7. The molecule has 30 heavy (non-hydrogen) atoms. The molecule has 0 bridgehead atoms. The number of nitrogens with zero attached hydrogens (tertiary/aromatic N) is 1. The summed E-state index contributed by atoms with van der Waals surface area (Å²) in [5.41, 5.74) is 3.86. The van der Waals surface area contributed by atoms with Gasteiger partial charge < -0.3 is 9.84 Å². The van der Waals surface area contributed by atoms with E-state index in [1.165, 1.54) is 11.1 Å². The van der Waals surface area contributed by atoms with E-state index in [0.717, 1.165) is 44.1 Å². The molecule has 4 nitrogen and oxygen atoms in total. The average Bonchev–Trinajstić information content (AvgIpc) is 3.09. The fraction of sp³-hybridized carbons (Fsp3) is 0.462. The molecule has 0 radical (unpaired) electrons. The molecule has 0 saturated heterocycles. The number of ether oxygens (including phenoxy) is 1. The molecule has 154 valence electrons. The number of hydrogen-bond acceptors (Lipinski definition) is 4. The predicted octanol–water partition coefficient (Wildman–Crippen LogP) is 4.85. The Kier molecular flexibility index (Phi) is 4.58. The monoisotopic (exact) mass is 401 g/mol. The zero-order valence-electron chi connectivity index (χ0n) is 17.3. The molecule has 0 amide bonds. The summed E-state index contributed by atoms with van der Waals surface area (Å²) in [7, 11) is 0. The van der Waals surface area contributed by atoms with Crippen molar-refractivity contribution in [2.45, 2.75) is 57.5 Å². The van der Waals surface area contributed by atoms with E-state index < -0.39 is 0 Å². The van der Waals surface area contributed by atoms with Gasteiger partial charge in [-0.05, 0) is 91.7 Å². The molecule has 1 aromatic carbocycles. The van der Waals surface area contributed by atoms with Crippen LogP contribution >= 0.6 is 0 Å². The molecule has 5 rings (SSSR count). The van der Waals surface area contributed by atoms with Crippen LogP contribution in [0.5, 0.6) is 5.75 Å². The number of pyridine rings is 1. The van der Waals surface area contributed by atoms with Crippen molar-refractivity contribution < 1.29 is 14.6 Å². The van der Waals surface area contributed by atoms with Crippen LogP contribution in [0, 0.1) is 29.6 Å². The summed E-state index contributed by atoms with van der Waals surface area (Å²) in [5, 5.41) is 10.1. The zero-order chi connectivity index (χ0) is 20.9. The summed E-state index contributed by atoms with van der Waals surface area (Å²) in [6.45, 7) is 2.32. The Morgan fingerprint density at radius 1 is 1.30 bits per heavy atom. The second-order valence-electron chi connectivity index (χ2n) is 9.38. The first-order valence-electron chi connectivity index (χ1n) is 10.9. The van der Waals surface area contributed by atoms with Crippen molar-refractivity contribution in [2.24, 2.45) is 17.3 Å². The van der Waals surface area contributed by atoms with Gasteiger partial charge in [-0.3, -0.25) is 4.98 Å². The van der Waals surface area contributed by atoms with Crippen LogP contribution in [-0.4, -0.2) is 22.2 Å². The minimum atomic E-state index is -0.267. The Balaban J connectivity index is 1.41. The van der Waals surface area contributed by atoms with Crippen LogP contribution in [0.4, 0.5) is 0 Å². The molecule has 1 N–H and O–H groups in total. The highest BCUT2D eigenvalue weighted by molar-refractivity contribution is 5.89. The number of carbonyl (C=O) groups excluding carboxylic acids is 1. The molecule has 1 aromatic heterocycles. The molecule has 3 aliphatic carbocycles. The van der Waals surface area contributed by atoms with Crippen LogP contribution in [0.1, 0.15) is 72.0 Å². The highest BCUT2D eigenvalue weighted by Gasteiger charge is 2.56. The highest BCUT2D eigenvalue weighted by atomic mass is 16.5. The normalized spacial score (nSPS) is 31.7. The first-order valence-corrected chi connectivity index (χ1v) is 10.9. The second-order valence-corrected chi connectivity index (χ2v) is 9.38. The van der Waals surface area contributed by atoms with Crippen molar-refractivity contribution in [3.63, 3.8) is 0 Å². The SMILES string of the molecule is C#Cc1cc(O)cc2c1[C@H]1CC[C@]3(C)[C@@H](OC(=O)c4cccnc4)CC[C@H]3[C@@H]1CC2. The molecule has 0 aliphatic heterocycles. The Labute approximate surface area is 177 Å². The lowest BCUT2D eigenvalue weighted by Gasteiger charge is -2.50. The van der Waals surface area contributed by atoms with E-state index in [9.17, 15) is 9.90 Å². The first kappa shape index (κ1) is 19.2. The van der Waals surface area contributed by atoms with Gasteiger partial charge >= 0.3 is 5.97 Å². The average molecular weight is 402 g/mol. The molecular weight excluding hydrogens is 374 g/mol. The van der Waals surface area contributed by atoms with Gasteiger partial charge in [0.2, 0.25) is 0 Å². The van der Waals surface area contributed by atoms with Crippen LogP contribution < -0.4 is 0 Å². The van der Waals surface area contributed by atoms with Gasteiger partial charge in [-0.25, -0.2) is 4.79 Å². The van der Waals surface area contributed by atoms with E-state index in [2.05, 4.69) is 17.8 Å². The molecule has 5 atom stereocenters. The lowest BCUT2D eigenvalue weighted by molar-refractivity contribution is -0.0428. The van der Waals surface area contributed by atoms with Gasteiger partial charge in [-0.1, -0.05) is 12.8 Å². The van der Waals surface area contributed by atoms with Crippen LogP contribution in [0.15, 0.2) is 36.7 Å². The number of aromatic hydroxyl groups is 1. The Morgan fingerprint density at radius 3 is 2.93 bits per heavy atom. The van der Waals surface area contributed by atoms with Gasteiger partial charge in [0.15, 0.2) is 0 Å². The number of terminal acetylenes is 1. The van der Waals surface area contributed by atoms with Gasteiger partial charge in [-0.15, -0.1) is 6.42 Å². The van der Waals surface area contributed by atoms with Crippen molar-refractivity contribution in [1.29, 1.82) is 0 Å². The molecule has 2 aromatic rings. The van der Waals surface area contributed by atoms with Crippen molar-refractivity contribution >= 4 is 5.97 Å². The topological polar surface area (TPSA) is 59.4 Å². The number of esters is 1. The van der Waals surface area contributed by atoms with Gasteiger partial charge in [0, 0.05) is 23.4 Å². The summed E-state index contributed by atoms with van der Waals surface area (Å²) >= 11 is 0. The molecule has 0 unspecified atom stereocenters. The number of fused-ring (bicyclic) bond motifs is 5. The quantitative estimate of drug-likeness (QED) is 0.577. The number of hydrogen-bond donors (Lipinski definition) is 1. The molecular formula is C26H27NO3. The Bertz CT molecular complexity index is 1020. The summed E-state index contributed by atoms with van der Waals surface area (Å²) in [5.74, 6) is 4.33. The molecule has 4 heteroatoms. The molecule has 1 heterocycles. The van der Waals surface area contributed by atoms with Crippen LogP contribution in [0.2, 0.25) is 0 Å². The van der Waals surface area contributed by atoms with Crippen molar-refractivity contribution in [3.05, 3.63) is 58.9 Å². The van der Waals surface area contributed by atoms with E-state index in [1.54, 1.807) is 30.6 Å². The summed E-state index contributed by atoms with van der Waals surface area (Å²) in [4.78, 5) is 16.7. The van der Waals surface area contributed by atoms with E-state index >= 15 is 0 Å². The third-order valence-corrected chi connectivity index (χ3v) is 8.02. The highest BCUT2D eigenvalue weighted by Crippen LogP contribution is 2.62. The third-order valence-electron chi connectivity index (χ3n) is 8.02. The Hall–Kier alpha value is -2.80. The van der Waals surface area contributed by atoms with Gasteiger partial charge in [0.1, 0.15) is 11.9 Å². The largest absolute Gasteiger partial charge is 0.508 e. The van der Waals surface area contributed by atoms with Crippen molar-refractivity contribution in [3.8, 4) is 18.1 Å². The first-order chi connectivity index (χ1) is 14.5. The van der Waals surface area contributed by atoms with Gasteiger partial charge in [0.25, 0.3) is 0 Å². The number of carbonyl (C=O) groups is 1. The number of phenols is 1. The minimum Gasteiger partial charge on any atom is -0.508 e. The zero-order valence-corrected chi connectivity index (χ0v) is 17.3. The number of benzene rings is 1. The fourth-order valence-corrected chi connectivity index (χ4v) is 6.66. The smallest absolute Gasteiger partial charge is 0.339 e. The van der Waals surface area contributed by atoms with E-state index in [0.29, 0.717) is 23.3 Å². The van der Waals surface area contributed by atoms with E-state index in [1.807, 2.05) is 6.07 Å². The van der Waals surface area contributed by atoms with Gasteiger partial charge in [-0.2, -0.15) is 0 Å². The summed E-state index contributed by atoms with van der Waals surface area (Å²) in [6.07, 6.45) is 15.1. The van der Waals surface area contributed by atoms with Gasteiger partial charge in [0.05, 0.1) is 5.56 Å². The number of aryl methyl sites for hydroxylation is 1. The molecule has 2 fully saturated rings. The maximum Gasteiger partial charge on any atom is 0.339 e. The Morgan fingerprint density at radius 2 is 2.17 bits per heavy atom. The molecule has 3 aliphatic rings. The van der Waals surface area contributed by atoms with E-state index in [4.69, 9.17) is 11.2 Å². The predicted molar refractivity (Wildman–Crippen MR) is 114 cm³/mol. The van der Waals surface area contributed by atoms with Crippen LogP contribution in [0.3, 0.4) is 0 Å². The minimum absolute atomic E-state index is 0.00373. The van der Waals surface area contributed by atoms with E-state index in [-0.39, 0.29) is 23.2 Å². The van der Waals surface area contributed by atoms with Crippen LogP contribution in [0.25, 0.3) is 0 Å². The second kappa shape index (κ2) is 7.16. The summed E-state index contributed by atoms with van der Waals surface area (Å²) in [6, 6.07) is 7.16. The molecule has 0 spiro atoms. The van der Waals surface area contributed by atoms with Crippen molar-refractivity contribution in [2.75, 3.05) is 0 Å². The lowest BCUT2D eigenvalue weighted by atomic mass is 9.55. The summed E-state index contributed by atoms with van der Waals surface area (Å²) < 4.78 is 6.04. The van der Waals surface area contributed by atoms with Crippen molar-refractivity contribution in [1.82, 2.24) is 4.98 Å². The fourth-order valence-electron chi connectivity index (χ4n) is 6.66. The number of phenolic OH excluding ortho intramolecular Hbond substituents is 1. The lowest BCUT2D eigenvalue weighted by Crippen LogP contribution is -2.45. The number of aromatic nitrogens is 1. The maximum absolute atomic E-state index is 12.7. The number of rotatable bonds is 2. The molecule has 2 saturated carbocycles. The van der Waals surface area contributed by atoms with Crippen LogP contribution in [-0.2, 0) is 11.2 Å². The standard InChI is InChI=1S/C26H27NO3/c1-3-16-13-19(28)14-17-6-7-20-21(24(16)17)10-11-26(2)22(20)8-9-23(26)30-25(29)18-5-4-12-27-15-18/h1,4-5,12-15,20-23,28H,6-11H2,2H3/t20-,21+,22+,23+,26+/m1/s1. The third kappa shape index (κ3) is 2.91.